The van der Waals surface area contributed by atoms with Gasteiger partial charge < -0.3 is 25.6 Å². The summed E-state index contributed by atoms with van der Waals surface area (Å²) >= 11 is 0. The standard InChI is InChI=1S/C19H31N5O4/c1-11(2)20-19(27)21-13-5-14-7-23(15-9-28-10-15)8-16(18(26)24(14)6-13)22-17(25)12-3-4-12/h11-16H,3-10H2,1-2H3,(H,22,25)(H2,20,21,27)/t13-,14-,16-/m0/s1. The van der Waals surface area contributed by atoms with Crippen molar-refractivity contribution >= 4 is 17.8 Å². The summed E-state index contributed by atoms with van der Waals surface area (Å²) in [5.74, 6) is 0.0298. The summed E-state index contributed by atoms with van der Waals surface area (Å²) in [4.78, 5) is 41.7. The van der Waals surface area contributed by atoms with Gasteiger partial charge in [-0.05, 0) is 33.1 Å². The Hall–Kier alpha value is -1.87. The molecule has 0 unspecified atom stereocenters. The fourth-order valence-corrected chi connectivity index (χ4v) is 4.29. The molecule has 3 atom stereocenters. The quantitative estimate of drug-likeness (QED) is 0.572. The Labute approximate surface area is 165 Å². The van der Waals surface area contributed by atoms with Crippen LogP contribution >= 0.6 is 0 Å². The van der Waals surface area contributed by atoms with Crippen LogP contribution in [0.15, 0.2) is 0 Å². The number of urea groups is 1. The van der Waals surface area contributed by atoms with Crippen molar-refractivity contribution < 1.29 is 19.1 Å². The number of hydrogen-bond donors (Lipinski definition) is 3. The van der Waals surface area contributed by atoms with Crippen LogP contribution in [-0.2, 0) is 14.3 Å². The molecule has 4 fully saturated rings. The first kappa shape index (κ1) is 19.4. The van der Waals surface area contributed by atoms with Crippen molar-refractivity contribution in [2.45, 2.75) is 63.3 Å². The van der Waals surface area contributed by atoms with Gasteiger partial charge in [-0.1, -0.05) is 0 Å². The highest BCUT2D eigenvalue weighted by molar-refractivity contribution is 5.90. The van der Waals surface area contributed by atoms with Gasteiger partial charge in [-0.15, -0.1) is 0 Å². The number of amides is 4. The van der Waals surface area contributed by atoms with Gasteiger partial charge in [-0.2, -0.15) is 0 Å². The van der Waals surface area contributed by atoms with Crippen molar-refractivity contribution in [1.82, 2.24) is 25.8 Å². The van der Waals surface area contributed by atoms with Crippen LogP contribution in [0.4, 0.5) is 4.79 Å². The van der Waals surface area contributed by atoms with E-state index < -0.39 is 6.04 Å². The first-order chi connectivity index (χ1) is 13.4. The van der Waals surface area contributed by atoms with Crippen molar-refractivity contribution in [3.63, 3.8) is 0 Å². The molecule has 0 aromatic rings. The fraction of sp³-hybridized carbons (Fsp3) is 0.842. The first-order valence-electron chi connectivity index (χ1n) is 10.4. The summed E-state index contributed by atoms with van der Waals surface area (Å²) in [7, 11) is 0. The van der Waals surface area contributed by atoms with Gasteiger partial charge in [-0.25, -0.2) is 4.79 Å². The molecule has 9 nitrogen and oxygen atoms in total. The molecule has 4 amide bonds. The molecule has 0 aromatic heterocycles. The number of carbonyl (C=O) groups is 3. The van der Waals surface area contributed by atoms with Crippen LogP contribution in [0.5, 0.6) is 0 Å². The minimum Gasteiger partial charge on any atom is -0.378 e. The van der Waals surface area contributed by atoms with Gasteiger partial charge in [-0.3, -0.25) is 14.5 Å². The normalized spacial score (nSPS) is 31.2. The molecule has 28 heavy (non-hydrogen) atoms. The number of nitrogens with one attached hydrogen (secondary N) is 3. The Bertz CT molecular complexity index is 634. The topological polar surface area (TPSA) is 103 Å². The lowest BCUT2D eigenvalue weighted by Crippen LogP contribution is -2.56. The zero-order valence-corrected chi connectivity index (χ0v) is 16.6. The number of ether oxygens (including phenoxy) is 1. The van der Waals surface area contributed by atoms with E-state index in [-0.39, 0.29) is 41.9 Å². The maximum Gasteiger partial charge on any atom is 0.315 e. The molecular formula is C19H31N5O4. The molecule has 3 aliphatic heterocycles. The predicted octanol–water partition coefficient (Wildman–Crippen LogP) is -0.727. The number of carbonyl (C=O) groups excluding carboxylic acids is 3. The van der Waals surface area contributed by atoms with Crippen molar-refractivity contribution in [2.24, 2.45) is 5.92 Å². The SMILES string of the molecule is CC(C)NC(=O)N[C@H]1C[C@H]2CN(C3COC3)C[C@H](NC(=O)C3CC3)C(=O)N2C1. The molecule has 0 spiro atoms. The third-order valence-electron chi connectivity index (χ3n) is 6.01. The second-order valence-corrected chi connectivity index (χ2v) is 8.83. The van der Waals surface area contributed by atoms with E-state index in [2.05, 4.69) is 20.9 Å². The van der Waals surface area contributed by atoms with Gasteiger partial charge in [0.1, 0.15) is 6.04 Å². The highest BCUT2D eigenvalue weighted by Crippen LogP contribution is 2.30. The van der Waals surface area contributed by atoms with Gasteiger partial charge in [0.2, 0.25) is 11.8 Å². The summed E-state index contributed by atoms with van der Waals surface area (Å²) < 4.78 is 5.35. The van der Waals surface area contributed by atoms with Crippen LogP contribution in [0.1, 0.15) is 33.1 Å². The average molecular weight is 393 g/mol. The molecule has 1 saturated carbocycles. The summed E-state index contributed by atoms with van der Waals surface area (Å²) in [5.41, 5.74) is 0. The van der Waals surface area contributed by atoms with Crippen molar-refractivity contribution in [3.05, 3.63) is 0 Å². The van der Waals surface area contributed by atoms with Crippen molar-refractivity contribution in [1.29, 1.82) is 0 Å². The molecule has 0 bridgehead atoms. The predicted molar refractivity (Wildman–Crippen MR) is 102 cm³/mol. The Kier molecular flexibility index (Phi) is 5.46. The van der Waals surface area contributed by atoms with Crippen LogP contribution in [0.25, 0.3) is 0 Å². The zero-order chi connectivity index (χ0) is 19.8. The largest absolute Gasteiger partial charge is 0.378 e. The van der Waals surface area contributed by atoms with Crippen LogP contribution < -0.4 is 16.0 Å². The van der Waals surface area contributed by atoms with Crippen LogP contribution in [0.2, 0.25) is 0 Å². The molecular weight excluding hydrogens is 362 g/mol. The molecule has 1 aliphatic carbocycles. The smallest absolute Gasteiger partial charge is 0.315 e. The second-order valence-electron chi connectivity index (χ2n) is 8.83. The Morgan fingerprint density at radius 2 is 1.82 bits per heavy atom. The lowest BCUT2D eigenvalue weighted by atomic mass is 10.1. The molecule has 3 saturated heterocycles. The third kappa shape index (κ3) is 4.25. The van der Waals surface area contributed by atoms with E-state index in [0.717, 1.165) is 25.8 Å². The van der Waals surface area contributed by atoms with Crippen LogP contribution in [0, 0.1) is 5.92 Å². The molecule has 3 heterocycles. The Morgan fingerprint density at radius 3 is 2.43 bits per heavy atom. The van der Waals surface area contributed by atoms with Gasteiger partial charge in [0, 0.05) is 37.6 Å². The van der Waals surface area contributed by atoms with E-state index in [1.165, 1.54) is 0 Å². The van der Waals surface area contributed by atoms with E-state index in [1.54, 1.807) is 0 Å². The van der Waals surface area contributed by atoms with Crippen LogP contribution in [-0.4, -0.2) is 90.7 Å². The van der Waals surface area contributed by atoms with Gasteiger partial charge in [0.15, 0.2) is 0 Å². The van der Waals surface area contributed by atoms with Crippen molar-refractivity contribution in [3.8, 4) is 0 Å². The lowest BCUT2D eigenvalue weighted by Gasteiger charge is -2.38. The van der Waals surface area contributed by atoms with E-state index in [0.29, 0.717) is 32.3 Å². The lowest BCUT2D eigenvalue weighted by molar-refractivity contribution is -0.136. The summed E-state index contributed by atoms with van der Waals surface area (Å²) in [5, 5.41) is 8.81. The number of fused-ring (bicyclic) bond motifs is 1. The fourth-order valence-electron chi connectivity index (χ4n) is 4.29. The Morgan fingerprint density at radius 1 is 1.07 bits per heavy atom. The third-order valence-corrected chi connectivity index (χ3v) is 6.01. The molecule has 0 radical (unpaired) electrons. The second kappa shape index (κ2) is 7.87. The zero-order valence-electron chi connectivity index (χ0n) is 16.6. The minimum absolute atomic E-state index is 0.00760. The van der Waals surface area contributed by atoms with E-state index >= 15 is 0 Å². The molecule has 9 heteroatoms. The maximum absolute atomic E-state index is 13.2. The summed E-state index contributed by atoms with van der Waals surface area (Å²) in [6, 6.07) is -0.408. The van der Waals surface area contributed by atoms with E-state index in [4.69, 9.17) is 4.74 Å². The van der Waals surface area contributed by atoms with Gasteiger partial charge >= 0.3 is 6.03 Å². The summed E-state index contributed by atoms with van der Waals surface area (Å²) in [6.45, 7) is 6.93. The highest BCUT2D eigenvalue weighted by Gasteiger charge is 2.45. The van der Waals surface area contributed by atoms with E-state index in [9.17, 15) is 14.4 Å². The van der Waals surface area contributed by atoms with E-state index in [1.807, 2.05) is 18.7 Å². The van der Waals surface area contributed by atoms with Crippen molar-refractivity contribution in [2.75, 3.05) is 32.8 Å². The monoisotopic (exact) mass is 393 g/mol. The summed E-state index contributed by atoms with van der Waals surface area (Å²) in [6.07, 6.45) is 2.55. The Balaban J connectivity index is 1.44. The number of hydrogen-bond acceptors (Lipinski definition) is 5. The highest BCUT2D eigenvalue weighted by atomic mass is 16.5. The molecule has 3 N–H and O–H groups in total. The minimum atomic E-state index is -0.526. The molecule has 4 aliphatic rings. The maximum atomic E-state index is 13.2. The first-order valence-corrected chi connectivity index (χ1v) is 10.4. The molecule has 0 aromatic carbocycles. The number of rotatable bonds is 5. The number of nitrogens with zero attached hydrogens (tertiary/aromatic N) is 2. The average Bonchev–Trinajstić information content (AvgIpc) is 3.35. The van der Waals surface area contributed by atoms with Gasteiger partial charge in [0.05, 0.1) is 25.3 Å². The van der Waals surface area contributed by atoms with Crippen LogP contribution in [0.3, 0.4) is 0 Å². The van der Waals surface area contributed by atoms with Gasteiger partial charge in [0.25, 0.3) is 0 Å². The molecule has 4 rings (SSSR count). The molecule has 156 valence electrons.